The van der Waals surface area contributed by atoms with Crippen LogP contribution in [0, 0.1) is 11.3 Å². The predicted octanol–water partition coefficient (Wildman–Crippen LogP) is -0.457. The highest BCUT2D eigenvalue weighted by molar-refractivity contribution is 7.99. The van der Waals surface area contributed by atoms with E-state index < -0.39 is 6.04 Å². The predicted molar refractivity (Wildman–Crippen MR) is 47.7 cm³/mol. The Labute approximate surface area is 80.1 Å². The van der Waals surface area contributed by atoms with Crippen molar-refractivity contribution in [2.75, 3.05) is 5.75 Å². The molecule has 1 aromatic heterocycles. The number of hydrogen-bond acceptors (Lipinski definition) is 6. The van der Waals surface area contributed by atoms with Crippen LogP contribution >= 0.6 is 11.8 Å². The Morgan fingerprint density at radius 2 is 2.54 bits per heavy atom. The summed E-state index contributed by atoms with van der Waals surface area (Å²) in [6.45, 7) is 0. The van der Waals surface area contributed by atoms with Gasteiger partial charge in [-0.05, 0) is 16.8 Å². The van der Waals surface area contributed by atoms with E-state index in [0.717, 1.165) is 10.9 Å². The molecule has 6 nitrogen and oxygen atoms in total. The van der Waals surface area contributed by atoms with E-state index in [-0.39, 0.29) is 0 Å². The van der Waals surface area contributed by atoms with E-state index in [0.29, 0.717) is 6.42 Å². The van der Waals surface area contributed by atoms with Gasteiger partial charge >= 0.3 is 0 Å². The third-order valence-corrected chi connectivity index (χ3v) is 2.45. The summed E-state index contributed by atoms with van der Waals surface area (Å²) in [5.41, 5.74) is 5.42. The second kappa shape index (κ2) is 4.79. The highest BCUT2D eigenvalue weighted by Crippen LogP contribution is 2.13. The number of hydrogen-bond donors (Lipinski definition) is 1. The smallest absolute Gasteiger partial charge is 0.209 e. The van der Waals surface area contributed by atoms with Gasteiger partial charge in [0.1, 0.15) is 0 Å². The van der Waals surface area contributed by atoms with E-state index in [1.165, 1.54) is 11.8 Å². The van der Waals surface area contributed by atoms with Crippen LogP contribution in [0.3, 0.4) is 0 Å². The molecule has 0 aliphatic rings. The van der Waals surface area contributed by atoms with Gasteiger partial charge in [0.2, 0.25) is 5.16 Å². The van der Waals surface area contributed by atoms with E-state index >= 15 is 0 Å². The molecule has 0 aliphatic heterocycles. The zero-order valence-electron chi connectivity index (χ0n) is 7.21. The molecule has 0 spiro atoms. The highest BCUT2D eigenvalue weighted by Gasteiger charge is 2.04. The fraction of sp³-hybridized carbons (Fsp3) is 0.667. The molecule has 0 saturated carbocycles. The zero-order chi connectivity index (χ0) is 9.68. The van der Waals surface area contributed by atoms with Crippen molar-refractivity contribution in [3.63, 3.8) is 0 Å². The van der Waals surface area contributed by atoms with Crippen molar-refractivity contribution in [2.45, 2.75) is 17.6 Å². The van der Waals surface area contributed by atoms with Crippen LogP contribution in [0.2, 0.25) is 0 Å². The monoisotopic (exact) mass is 198 g/mol. The molecule has 7 heteroatoms. The molecular formula is C6H10N6S. The summed E-state index contributed by atoms with van der Waals surface area (Å²) in [4.78, 5) is 0. The van der Waals surface area contributed by atoms with Gasteiger partial charge in [-0.2, -0.15) is 5.26 Å². The van der Waals surface area contributed by atoms with Crippen LogP contribution in [0.15, 0.2) is 5.16 Å². The quantitative estimate of drug-likeness (QED) is 0.658. The summed E-state index contributed by atoms with van der Waals surface area (Å²) >= 11 is 1.49. The van der Waals surface area contributed by atoms with Crippen molar-refractivity contribution in [3.05, 3.63) is 0 Å². The molecule has 0 radical (unpaired) electrons. The van der Waals surface area contributed by atoms with Crippen LogP contribution in [0.4, 0.5) is 0 Å². The molecule has 0 amide bonds. The lowest BCUT2D eigenvalue weighted by atomic mass is 10.3. The number of tetrazole rings is 1. The Kier molecular flexibility index (Phi) is 3.67. The van der Waals surface area contributed by atoms with Crippen LogP contribution in [0.1, 0.15) is 6.42 Å². The summed E-state index contributed by atoms with van der Waals surface area (Å²) in [6, 6.07) is 1.57. The molecule has 70 valence electrons. The van der Waals surface area contributed by atoms with Gasteiger partial charge in [-0.3, -0.25) is 0 Å². The number of nitrogens with two attached hydrogens (primary N) is 1. The topological polar surface area (TPSA) is 93.4 Å². The number of nitrogens with zero attached hydrogens (tertiary/aromatic N) is 5. The first-order valence-electron chi connectivity index (χ1n) is 3.74. The molecule has 1 unspecified atom stereocenters. The normalized spacial score (nSPS) is 12.4. The zero-order valence-corrected chi connectivity index (χ0v) is 8.03. The number of nitriles is 1. The summed E-state index contributed by atoms with van der Waals surface area (Å²) < 4.78 is 1.59. The fourth-order valence-electron chi connectivity index (χ4n) is 0.685. The van der Waals surface area contributed by atoms with Crippen molar-refractivity contribution in [3.8, 4) is 6.07 Å². The minimum Gasteiger partial charge on any atom is -0.316 e. The Morgan fingerprint density at radius 3 is 3.08 bits per heavy atom. The third-order valence-electron chi connectivity index (χ3n) is 1.41. The number of thioether (sulfide) groups is 1. The number of aromatic nitrogens is 4. The van der Waals surface area contributed by atoms with E-state index in [2.05, 4.69) is 15.5 Å². The van der Waals surface area contributed by atoms with Gasteiger partial charge in [0.15, 0.2) is 0 Å². The maximum atomic E-state index is 8.42. The first-order chi connectivity index (χ1) is 6.24. The fourth-order valence-corrected chi connectivity index (χ4v) is 1.56. The van der Waals surface area contributed by atoms with Crippen LogP contribution < -0.4 is 5.73 Å². The van der Waals surface area contributed by atoms with Crippen LogP contribution in [0.25, 0.3) is 0 Å². The number of rotatable bonds is 4. The first-order valence-corrected chi connectivity index (χ1v) is 4.73. The van der Waals surface area contributed by atoms with E-state index in [1.807, 2.05) is 6.07 Å². The summed E-state index contributed by atoms with van der Waals surface area (Å²) in [6.07, 6.45) is 0.647. The molecule has 2 N–H and O–H groups in total. The van der Waals surface area contributed by atoms with Crippen molar-refractivity contribution < 1.29 is 0 Å². The van der Waals surface area contributed by atoms with Crippen LogP contribution in [-0.4, -0.2) is 32.0 Å². The lowest BCUT2D eigenvalue weighted by Gasteiger charge is -2.00. The molecule has 0 aliphatic carbocycles. The van der Waals surface area contributed by atoms with Gasteiger partial charge in [-0.15, -0.1) is 5.10 Å². The van der Waals surface area contributed by atoms with Gasteiger partial charge in [0.25, 0.3) is 0 Å². The Morgan fingerprint density at radius 1 is 1.77 bits per heavy atom. The van der Waals surface area contributed by atoms with Gasteiger partial charge in [-0.1, -0.05) is 11.8 Å². The van der Waals surface area contributed by atoms with Gasteiger partial charge in [-0.25, -0.2) is 4.68 Å². The van der Waals surface area contributed by atoms with Gasteiger partial charge < -0.3 is 5.73 Å². The first kappa shape index (κ1) is 9.95. The molecule has 0 aromatic carbocycles. The second-order valence-electron chi connectivity index (χ2n) is 2.46. The molecular weight excluding hydrogens is 188 g/mol. The van der Waals surface area contributed by atoms with E-state index in [9.17, 15) is 0 Å². The molecule has 1 atom stereocenters. The summed E-state index contributed by atoms with van der Waals surface area (Å²) in [5, 5.41) is 20.1. The maximum Gasteiger partial charge on any atom is 0.209 e. The molecule has 1 aromatic rings. The minimum atomic E-state index is -0.395. The highest BCUT2D eigenvalue weighted by atomic mass is 32.2. The van der Waals surface area contributed by atoms with Crippen LogP contribution in [0.5, 0.6) is 0 Å². The standard InChI is InChI=1S/C6H10N6S/c1-12-6(9-10-11-12)13-3-2-5(8)4-7/h5H,2-3,8H2,1H3. The Bertz CT molecular complexity index is 302. The molecule has 1 heterocycles. The minimum absolute atomic E-state index is 0.395. The second-order valence-corrected chi connectivity index (χ2v) is 3.52. The SMILES string of the molecule is Cn1nnnc1SCCC(N)C#N. The van der Waals surface area contributed by atoms with Crippen molar-refractivity contribution in [2.24, 2.45) is 12.8 Å². The van der Waals surface area contributed by atoms with Crippen molar-refractivity contribution in [1.29, 1.82) is 5.26 Å². The maximum absolute atomic E-state index is 8.42. The van der Waals surface area contributed by atoms with E-state index in [1.54, 1.807) is 11.7 Å². The molecule has 0 bridgehead atoms. The summed E-state index contributed by atoms with van der Waals surface area (Å²) in [5.74, 6) is 0.753. The van der Waals surface area contributed by atoms with Crippen molar-refractivity contribution in [1.82, 2.24) is 20.2 Å². The van der Waals surface area contributed by atoms with E-state index in [4.69, 9.17) is 11.0 Å². The largest absolute Gasteiger partial charge is 0.316 e. The molecule has 13 heavy (non-hydrogen) atoms. The Balaban J connectivity index is 2.29. The lowest BCUT2D eigenvalue weighted by Crippen LogP contribution is -2.17. The van der Waals surface area contributed by atoms with Crippen molar-refractivity contribution >= 4 is 11.8 Å². The molecule has 0 saturated heterocycles. The Hall–Kier alpha value is -1.13. The van der Waals surface area contributed by atoms with Crippen LogP contribution in [-0.2, 0) is 7.05 Å². The lowest BCUT2D eigenvalue weighted by molar-refractivity contribution is 0.664. The molecule has 0 fully saturated rings. The summed E-state index contributed by atoms with van der Waals surface area (Å²) in [7, 11) is 1.77. The van der Waals surface area contributed by atoms with Gasteiger partial charge in [0, 0.05) is 12.8 Å². The third kappa shape index (κ3) is 3.01. The average molecular weight is 198 g/mol. The average Bonchev–Trinajstić information content (AvgIpc) is 2.52. The van der Waals surface area contributed by atoms with Gasteiger partial charge in [0.05, 0.1) is 12.1 Å². The number of aryl methyl sites for hydroxylation is 1. The molecule has 1 rings (SSSR count).